The fourth-order valence-electron chi connectivity index (χ4n) is 3.39. The van der Waals surface area contributed by atoms with Gasteiger partial charge in [-0.1, -0.05) is 23.7 Å². The van der Waals surface area contributed by atoms with Gasteiger partial charge in [0.2, 0.25) is 5.91 Å². The van der Waals surface area contributed by atoms with Crippen molar-refractivity contribution >= 4 is 39.2 Å². The van der Waals surface area contributed by atoms with E-state index >= 15 is 0 Å². The van der Waals surface area contributed by atoms with E-state index in [1.165, 1.54) is 24.3 Å². The molecule has 158 valence electrons. The fourth-order valence-corrected chi connectivity index (χ4v) is 4.89. The molecule has 0 saturated carbocycles. The Kier molecular flexibility index (Phi) is 5.68. The van der Waals surface area contributed by atoms with Crippen LogP contribution in [0.4, 0.5) is 5.69 Å². The van der Waals surface area contributed by atoms with Crippen LogP contribution in [-0.4, -0.2) is 51.4 Å². The summed E-state index contributed by atoms with van der Waals surface area (Å²) >= 11 is 6.21. The summed E-state index contributed by atoms with van der Waals surface area (Å²) < 4.78 is 36.5. The summed E-state index contributed by atoms with van der Waals surface area (Å²) in [7, 11) is -4.36. The first-order valence-corrected chi connectivity index (χ1v) is 11.2. The van der Waals surface area contributed by atoms with Crippen LogP contribution in [0.15, 0.2) is 41.3 Å². The molecule has 1 saturated heterocycles. The van der Waals surface area contributed by atoms with Crippen LogP contribution in [0.25, 0.3) is 0 Å². The van der Waals surface area contributed by atoms with E-state index in [0.717, 1.165) is 5.56 Å². The van der Waals surface area contributed by atoms with Gasteiger partial charge in [0.1, 0.15) is 4.90 Å². The number of aryl methyl sites for hydroxylation is 1. The van der Waals surface area contributed by atoms with Crippen molar-refractivity contribution in [3.8, 4) is 5.75 Å². The third kappa shape index (κ3) is 4.14. The van der Waals surface area contributed by atoms with Gasteiger partial charge < -0.3 is 19.1 Å². The van der Waals surface area contributed by atoms with E-state index in [4.69, 9.17) is 20.5 Å². The molecule has 2 aromatic carbocycles. The molecule has 0 bridgehead atoms. The van der Waals surface area contributed by atoms with Crippen LogP contribution in [0.5, 0.6) is 5.75 Å². The molecule has 0 aliphatic carbocycles. The molecule has 4 rings (SSSR count). The van der Waals surface area contributed by atoms with Gasteiger partial charge in [-0.05, 0) is 36.2 Å². The van der Waals surface area contributed by atoms with Crippen LogP contribution >= 0.6 is 11.6 Å². The third-order valence-electron chi connectivity index (χ3n) is 4.94. The van der Waals surface area contributed by atoms with Gasteiger partial charge in [-0.2, -0.15) is 8.42 Å². The number of carbonyl (C=O) groups excluding carboxylic acids is 2. The number of hydrogen-bond donors (Lipinski definition) is 1. The van der Waals surface area contributed by atoms with E-state index in [0.29, 0.717) is 44.8 Å². The van der Waals surface area contributed by atoms with Gasteiger partial charge in [0.15, 0.2) is 5.75 Å². The van der Waals surface area contributed by atoms with Gasteiger partial charge in [0.05, 0.1) is 23.8 Å². The number of fused-ring (bicyclic) bond motifs is 1. The van der Waals surface area contributed by atoms with Crippen LogP contribution in [0.2, 0.25) is 5.02 Å². The molecule has 0 aromatic heterocycles. The zero-order valence-electron chi connectivity index (χ0n) is 15.9. The van der Waals surface area contributed by atoms with Crippen molar-refractivity contribution in [2.45, 2.75) is 17.7 Å². The van der Waals surface area contributed by atoms with Crippen LogP contribution in [0.3, 0.4) is 0 Å². The van der Waals surface area contributed by atoms with Gasteiger partial charge in [0, 0.05) is 25.2 Å². The Hall–Kier alpha value is -2.62. The standard InChI is InChI=1S/C20H19ClN2O6S/c21-15-11-13-5-6-19(24)22-16(13)12-18(15)30(26,27)29-17-4-2-1-3-14(17)20(25)23-7-9-28-10-8-23/h1-4,11-12H,5-10H2,(H,22,24). The summed E-state index contributed by atoms with van der Waals surface area (Å²) in [6.07, 6.45) is 0.780. The minimum Gasteiger partial charge on any atom is -0.378 e. The van der Waals surface area contributed by atoms with Crippen LogP contribution in [0.1, 0.15) is 22.3 Å². The van der Waals surface area contributed by atoms with Crippen LogP contribution in [0, 0.1) is 0 Å². The van der Waals surface area contributed by atoms with Crippen molar-refractivity contribution in [3.63, 3.8) is 0 Å². The number of morpholine rings is 1. The highest BCUT2D eigenvalue weighted by atomic mass is 35.5. The van der Waals surface area contributed by atoms with Gasteiger partial charge in [-0.15, -0.1) is 0 Å². The molecule has 10 heteroatoms. The molecule has 8 nitrogen and oxygen atoms in total. The first-order valence-electron chi connectivity index (χ1n) is 9.38. The number of ether oxygens (including phenoxy) is 1. The van der Waals surface area contributed by atoms with E-state index in [-0.39, 0.29) is 33.0 Å². The summed E-state index contributed by atoms with van der Waals surface area (Å²) in [5, 5.41) is 2.63. The second kappa shape index (κ2) is 8.25. The first-order chi connectivity index (χ1) is 14.3. The monoisotopic (exact) mass is 450 g/mol. The number of carbonyl (C=O) groups is 2. The fraction of sp³-hybridized carbons (Fsp3) is 0.300. The molecule has 2 amide bonds. The molecule has 2 aromatic rings. The minimum atomic E-state index is -4.36. The summed E-state index contributed by atoms with van der Waals surface area (Å²) in [5.74, 6) is -0.629. The minimum absolute atomic E-state index is 0.0121. The quantitative estimate of drug-likeness (QED) is 0.718. The van der Waals surface area contributed by atoms with E-state index < -0.39 is 10.1 Å². The largest absolute Gasteiger partial charge is 0.378 e. The van der Waals surface area contributed by atoms with Crippen molar-refractivity contribution in [2.75, 3.05) is 31.6 Å². The number of benzene rings is 2. The highest BCUT2D eigenvalue weighted by Gasteiger charge is 2.28. The molecule has 1 N–H and O–H groups in total. The smallest absolute Gasteiger partial charge is 0.340 e. The molecular weight excluding hydrogens is 432 g/mol. The molecule has 0 atom stereocenters. The lowest BCUT2D eigenvalue weighted by Gasteiger charge is -2.27. The number of anilines is 1. The number of para-hydroxylation sites is 1. The summed E-state index contributed by atoms with van der Waals surface area (Å²) in [5.41, 5.74) is 1.27. The first kappa shape index (κ1) is 20.6. The number of nitrogens with zero attached hydrogens (tertiary/aromatic N) is 1. The van der Waals surface area contributed by atoms with Gasteiger partial charge in [-0.25, -0.2) is 0 Å². The van der Waals surface area contributed by atoms with Crippen molar-refractivity contribution in [1.29, 1.82) is 0 Å². The number of amides is 2. The van der Waals surface area contributed by atoms with E-state index in [2.05, 4.69) is 5.32 Å². The highest BCUT2D eigenvalue weighted by molar-refractivity contribution is 7.87. The summed E-state index contributed by atoms with van der Waals surface area (Å²) in [6, 6.07) is 8.94. The predicted molar refractivity (Wildman–Crippen MR) is 109 cm³/mol. The number of halogens is 1. The summed E-state index contributed by atoms with van der Waals surface area (Å²) in [6.45, 7) is 1.67. The Morgan fingerprint density at radius 1 is 1.13 bits per heavy atom. The molecular formula is C20H19ClN2O6S. The SMILES string of the molecule is O=C1CCc2cc(Cl)c(S(=O)(=O)Oc3ccccc3C(=O)N3CCOCC3)cc2N1. The molecule has 0 radical (unpaired) electrons. The Morgan fingerprint density at radius 2 is 1.87 bits per heavy atom. The molecule has 0 unspecified atom stereocenters. The third-order valence-corrected chi connectivity index (χ3v) is 6.64. The number of rotatable bonds is 4. The second-order valence-electron chi connectivity index (χ2n) is 6.93. The van der Waals surface area contributed by atoms with E-state index in [1.807, 2.05) is 0 Å². The lowest BCUT2D eigenvalue weighted by Crippen LogP contribution is -2.40. The zero-order chi connectivity index (χ0) is 21.3. The highest BCUT2D eigenvalue weighted by Crippen LogP contribution is 2.34. The topological polar surface area (TPSA) is 102 Å². The Bertz CT molecular complexity index is 1110. The van der Waals surface area contributed by atoms with Crippen molar-refractivity contribution in [3.05, 3.63) is 52.5 Å². The normalized spacial score (nSPS) is 16.6. The van der Waals surface area contributed by atoms with Gasteiger partial charge >= 0.3 is 10.1 Å². The molecule has 2 heterocycles. The Morgan fingerprint density at radius 3 is 2.63 bits per heavy atom. The Balaban J connectivity index is 1.65. The van der Waals surface area contributed by atoms with Gasteiger partial charge in [-0.3, -0.25) is 9.59 Å². The lowest BCUT2D eigenvalue weighted by atomic mass is 10.0. The average Bonchev–Trinajstić information content (AvgIpc) is 2.74. The number of nitrogens with one attached hydrogen (secondary N) is 1. The van der Waals surface area contributed by atoms with E-state index in [9.17, 15) is 18.0 Å². The average molecular weight is 451 g/mol. The Labute approximate surface area is 178 Å². The van der Waals surface area contributed by atoms with E-state index in [1.54, 1.807) is 17.0 Å². The van der Waals surface area contributed by atoms with Crippen molar-refractivity contribution in [2.24, 2.45) is 0 Å². The number of hydrogen-bond acceptors (Lipinski definition) is 6. The van der Waals surface area contributed by atoms with Crippen LogP contribution < -0.4 is 9.50 Å². The van der Waals surface area contributed by atoms with Crippen LogP contribution in [-0.2, 0) is 26.1 Å². The maximum absolute atomic E-state index is 13.0. The molecule has 2 aliphatic rings. The summed E-state index contributed by atoms with van der Waals surface area (Å²) in [4.78, 5) is 25.8. The zero-order valence-corrected chi connectivity index (χ0v) is 17.5. The van der Waals surface area contributed by atoms with Crippen molar-refractivity contribution in [1.82, 2.24) is 4.90 Å². The second-order valence-corrected chi connectivity index (χ2v) is 8.85. The lowest BCUT2D eigenvalue weighted by molar-refractivity contribution is -0.116. The molecule has 0 spiro atoms. The maximum atomic E-state index is 13.0. The molecule has 1 fully saturated rings. The predicted octanol–water partition coefficient (Wildman–Crippen LogP) is 2.46. The van der Waals surface area contributed by atoms with Gasteiger partial charge in [0.25, 0.3) is 5.91 Å². The van der Waals surface area contributed by atoms with Crippen molar-refractivity contribution < 1.29 is 26.9 Å². The maximum Gasteiger partial charge on any atom is 0.340 e. The molecule has 30 heavy (non-hydrogen) atoms. The molecule has 2 aliphatic heterocycles.